The summed E-state index contributed by atoms with van der Waals surface area (Å²) >= 11 is 6.93. The van der Waals surface area contributed by atoms with Crippen molar-refractivity contribution in [2.24, 2.45) is 0 Å². The molecule has 0 amide bonds. The fourth-order valence-corrected chi connectivity index (χ4v) is 1.72. The average molecular weight is 254 g/mol. The topological polar surface area (TPSA) is 30.0 Å². The number of hydrogen-bond acceptors (Lipinski definition) is 3. The summed E-state index contributed by atoms with van der Waals surface area (Å²) in [6.45, 7) is 1.84. The number of rotatable bonds is 2. The van der Waals surface area contributed by atoms with Crippen LogP contribution in [0.1, 0.15) is 23.1 Å². The molecule has 0 aliphatic carbocycles. The molecule has 0 atom stereocenters. The summed E-state index contributed by atoms with van der Waals surface area (Å²) in [4.78, 5) is 14.7. The summed E-state index contributed by atoms with van der Waals surface area (Å²) in [6.07, 6.45) is 2.20. The van der Waals surface area contributed by atoms with Crippen molar-refractivity contribution in [1.29, 1.82) is 0 Å². The van der Waals surface area contributed by atoms with Gasteiger partial charge in [0.05, 0.1) is 0 Å². The molecule has 4 heteroatoms. The van der Waals surface area contributed by atoms with Crippen molar-refractivity contribution in [3.8, 4) is 0 Å². The molecule has 2 rings (SSSR count). The summed E-state index contributed by atoms with van der Waals surface area (Å²) in [7, 11) is 0. The van der Waals surface area contributed by atoms with Crippen LogP contribution in [0.25, 0.3) is 0 Å². The lowest BCUT2D eigenvalue weighted by atomic mass is 10.3. The van der Waals surface area contributed by atoms with Crippen molar-refractivity contribution >= 4 is 28.7 Å². The Bertz CT molecular complexity index is 414. The molecule has 0 aliphatic heterocycles. The van der Waals surface area contributed by atoms with E-state index >= 15 is 0 Å². The molecule has 0 bridgehead atoms. The molecule has 16 heavy (non-hydrogen) atoms. The maximum atomic E-state index is 10.8. The summed E-state index contributed by atoms with van der Waals surface area (Å²) in [6, 6.07) is 9.44. The normalized spacial score (nSPS) is 9.12. The fraction of sp³-hybridized carbons (Fsp3) is 0.167. The quantitative estimate of drug-likeness (QED) is 0.755. The molecule has 1 aromatic carbocycles. The number of carbonyl (C=O) groups is 1. The van der Waals surface area contributed by atoms with Gasteiger partial charge in [0.25, 0.3) is 0 Å². The van der Waals surface area contributed by atoms with Crippen LogP contribution in [0, 0.1) is 0 Å². The van der Waals surface area contributed by atoms with E-state index in [1.54, 1.807) is 6.20 Å². The molecule has 0 N–H and O–H groups in total. The molecule has 0 radical (unpaired) electrons. The van der Waals surface area contributed by atoms with Gasteiger partial charge in [0.1, 0.15) is 0 Å². The highest BCUT2D eigenvalue weighted by molar-refractivity contribution is 7.11. The third-order valence-corrected chi connectivity index (χ3v) is 2.79. The SMILES string of the molecule is CCC(=O)c1nccs1.Clc1ccccc1. The van der Waals surface area contributed by atoms with Crippen molar-refractivity contribution in [2.75, 3.05) is 0 Å². The second-order valence-electron chi connectivity index (χ2n) is 2.91. The van der Waals surface area contributed by atoms with Crippen LogP contribution in [0.4, 0.5) is 0 Å². The molecule has 2 aromatic rings. The lowest BCUT2D eigenvalue weighted by molar-refractivity contribution is 0.0988. The number of benzene rings is 1. The van der Waals surface area contributed by atoms with Crippen molar-refractivity contribution in [1.82, 2.24) is 4.98 Å². The Labute approximate surface area is 104 Å². The average Bonchev–Trinajstić information content (AvgIpc) is 2.83. The van der Waals surface area contributed by atoms with E-state index in [-0.39, 0.29) is 5.78 Å². The van der Waals surface area contributed by atoms with E-state index in [0.717, 1.165) is 5.02 Å². The number of ketones is 1. The Balaban J connectivity index is 0.000000165. The number of halogens is 1. The smallest absolute Gasteiger partial charge is 0.191 e. The van der Waals surface area contributed by atoms with E-state index in [2.05, 4.69) is 4.98 Å². The first-order valence-corrected chi connectivity index (χ1v) is 6.13. The summed E-state index contributed by atoms with van der Waals surface area (Å²) < 4.78 is 0. The van der Waals surface area contributed by atoms with E-state index in [4.69, 9.17) is 11.6 Å². The third-order valence-electron chi connectivity index (χ3n) is 1.73. The first-order chi connectivity index (χ1) is 7.74. The van der Waals surface area contributed by atoms with E-state index in [0.29, 0.717) is 11.4 Å². The van der Waals surface area contributed by atoms with Gasteiger partial charge in [-0.3, -0.25) is 4.79 Å². The zero-order chi connectivity index (χ0) is 11.8. The van der Waals surface area contributed by atoms with Crippen molar-refractivity contribution in [3.63, 3.8) is 0 Å². The minimum absolute atomic E-state index is 0.130. The summed E-state index contributed by atoms with van der Waals surface area (Å²) in [5, 5.41) is 3.23. The molecule has 2 nitrogen and oxygen atoms in total. The van der Waals surface area contributed by atoms with Crippen LogP contribution in [-0.4, -0.2) is 10.8 Å². The van der Waals surface area contributed by atoms with Gasteiger partial charge in [0.2, 0.25) is 0 Å². The minimum Gasteiger partial charge on any atom is -0.292 e. The molecule has 0 saturated carbocycles. The zero-order valence-electron chi connectivity index (χ0n) is 8.89. The van der Waals surface area contributed by atoms with E-state index < -0.39 is 0 Å². The molecule has 0 fully saturated rings. The Morgan fingerprint density at radius 2 is 2.06 bits per heavy atom. The Morgan fingerprint density at radius 3 is 2.44 bits per heavy atom. The predicted molar refractivity (Wildman–Crippen MR) is 68.2 cm³/mol. The van der Waals surface area contributed by atoms with Gasteiger partial charge in [-0.1, -0.05) is 36.7 Å². The highest BCUT2D eigenvalue weighted by Gasteiger charge is 2.02. The van der Waals surface area contributed by atoms with Crippen molar-refractivity contribution in [3.05, 3.63) is 51.9 Å². The van der Waals surface area contributed by atoms with Crippen LogP contribution in [0.2, 0.25) is 5.02 Å². The largest absolute Gasteiger partial charge is 0.292 e. The van der Waals surface area contributed by atoms with Crippen molar-refractivity contribution in [2.45, 2.75) is 13.3 Å². The van der Waals surface area contributed by atoms with Crippen LogP contribution in [0.3, 0.4) is 0 Å². The van der Waals surface area contributed by atoms with Crippen LogP contribution >= 0.6 is 22.9 Å². The van der Waals surface area contributed by atoms with Gasteiger partial charge >= 0.3 is 0 Å². The number of aromatic nitrogens is 1. The molecule has 0 saturated heterocycles. The van der Waals surface area contributed by atoms with E-state index in [1.165, 1.54) is 11.3 Å². The highest BCUT2D eigenvalue weighted by Crippen LogP contribution is 2.05. The predicted octanol–water partition coefficient (Wildman–Crippen LogP) is 4.08. The van der Waals surface area contributed by atoms with Crippen LogP contribution < -0.4 is 0 Å². The Hall–Kier alpha value is -1.19. The lowest BCUT2D eigenvalue weighted by Gasteiger charge is -1.84. The lowest BCUT2D eigenvalue weighted by Crippen LogP contribution is -1.93. The number of Topliss-reactive ketones (excluding diaryl/α,β-unsaturated/α-hetero) is 1. The van der Waals surface area contributed by atoms with Crippen LogP contribution in [0.15, 0.2) is 41.9 Å². The molecule has 0 unspecified atom stereocenters. The van der Waals surface area contributed by atoms with Crippen molar-refractivity contribution < 1.29 is 4.79 Å². The van der Waals surface area contributed by atoms with Gasteiger partial charge in [-0.2, -0.15) is 0 Å². The number of nitrogens with zero attached hydrogens (tertiary/aromatic N) is 1. The molecule has 0 spiro atoms. The van der Waals surface area contributed by atoms with Gasteiger partial charge < -0.3 is 0 Å². The van der Waals surface area contributed by atoms with Gasteiger partial charge in [-0.25, -0.2) is 4.98 Å². The Kier molecular flexibility index (Phi) is 5.75. The van der Waals surface area contributed by atoms with E-state index in [1.807, 2.05) is 42.6 Å². The first kappa shape index (κ1) is 12.9. The maximum absolute atomic E-state index is 10.8. The Morgan fingerprint density at radius 1 is 1.38 bits per heavy atom. The molecule has 1 aromatic heterocycles. The number of hydrogen-bond donors (Lipinski definition) is 0. The molecule has 84 valence electrons. The summed E-state index contributed by atoms with van der Waals surface area (Å²) in [5.74, 6) is 0.130. The maximum Gasteiger partial charge on any atom is 0.191 e. The first-order valence-electron chi connectivity index (χ1n) is 4.87. The highest BCUT2D eigenvalue weighted by atomic mass is 35.5. The standard InChI is InChI=1S/C6H5Cl.C6H7NOS/c7-6-4-2-1-3-5-6;1-2-5(8)6-7-3-4-9-6/h1-5H;3-4H,2H2,1H3. The summed E-state index contributed by atoms with van der Waals surface area (Å²) in [5.41, 5.74) is 0. The van der Waals surface area contributed by atoms with Gasteiger partial charge in [-0.05, 0) is 12.1 Å². The number of thiazole rings is 1. The third kappa shape index (κ3) is 4.55. The minimum atomic E-state index is 0.130. The second-order valence-corrected chi connectivity index (χ2v) is 4.24. The second kappa shape index (κ2) is 7.14. The van der Waals surface area contributed by atoms with Crippen LogP contribution in [0.5, 0.6) is 0 Å². The van der Waals surface area contributed by atoms with Crippen LogP contribution in [-0.2, 0) is 0 Å². The molecule has 1 heterocycles. The van der Waals surface area contributed by atoms with Gasteiger partial charge in [-0.15, -0.1) is 11.3 Å². The molecular formula is C12H12ClNOS. The fourth-order valence-electron chi connectivity index (χ4n) is 0.927. The zero-order valence-corrected chi connectivity index (χ0v) is 10.5. The van der Waals surface area contributed by atoms with E-state index in [9.17, 15) is 4.79 Å². The number of carbonyl (C=O) groups excluding carboxylic acids is 1. The molecule has 0 aliphatic rings. The monoisotopic (exact) mass is 253 g/mol. The molecular weight excluding hydrogens is 242 g/mol. The van der Waals surface area contributed by atoms with Gasteiger partial charge in [0.15, 0.2) is 10.8 Å². The van der Waals surface area contributed by atoms with Gasteiger partial charge in [0, 0.05) is 23.0 Å².